The van der Waals surface area contributed by atoms with Crippen molar-refractivity contribution in [3.05, 3.63) is 47.3 Å². The molecule has 0 spiro atoms. The monoisotopic (exact) mass is 283 g/mol. The molecule has 1 aliphatic heterocycles. The van der Waals surface area contributed by atoms with Crippen molar-refractivity contribution in [1.29, 1.82) is 0 Å². The van der Waals surface area contributed by atoms with Crippen molar-refractivity contribution in [3.8, 4) is 5.75 Å². The van der Waals surface area contributed by atoms with E-state index in [4.69, 9.17) is 4.74 Å². The van der Waals surface area contributed by atoms with Gasteiger partial charge < -0.3 is 10.1 Å². The normalized spacial score (nSPS) is 20.5. The highest BCUT2D eigenvalue weighted by atomic mass is 16.5. The summed E-state index contributed by atoms with van der Waals surface area (Å²) < 4.78 is 5.68. The van der Waals surface area contributed by atoms with E-state index in [9.17, 15) is 4.79 Å². The molecule has 4 rings (SSSR count). The van der Waals surface area contributed by atoms with E-state index in [-0.39, 0.29) is 11.9 Å². The van der Waals surface area contributed by atoms with Gasteiger partial charge in [0.1, 0.15) is 18.1 Å². The van der Waals surface area contributed by atoms with E-state index in [0.29, 0.717) is 18.2 Å². The van der Waals surface area contributed by atoms with E-state index in [2.05, 4.69) is 15.5 Å². The molecule has 1 saturated carbocycles. The largest absolute Gasteiger partial charge is 0.491 e. The molecule has 5 nitrogen and oxygen atoms in total. The first kappa shape index (κ1) is 12.4. The molecular weight excluding hydrogens is 266 g/mol. The molecule has 1 atom stereocenters. The molecule has 1 fully saturated rings. The zero-order valence-electron chi connectivity index (χ0n) is 11.6. The van der Waals surface area contributed by atoms with Gasteiger partial charge in [-0.3, -0.25) is 9.89 Å². The van der Waals surface area contributed by atoms with Crippen LogP contribution in [0, 0.1) is 0 Å². The summed E-state index contributed by atoms with van der Waals surface area (Å²) in [5.41, 5.74) is 2.68. The fraction of sp³-hybridized carbons (Fsp3) is 0.375. The zero-order valence-corrected chi connectivity index (χ0v) is 11.6. The van der Waals surface area contributed by atoms with Gasteiger partial charge in [-0.2, -0.15) is 5.10 Å². The summed E-state index contributed by atoms with van der Waals surface area (Å²) in [5.74, 6) is 1.36. The molecule has 1 aliphatic carbocycles. The number of para-hydroxylation sites is 1. The number of aromatic nitrogens is 2. The maximum absolute atomic E-state index is 12.2. The van der Waals surface area contributed by atoms with Gasteiger partial charge in [0, 0.05) is 11.6 Å². The number of aromatic amines is 1. The van der Waals surface area contributed by atoms with Crippen LogP contribution in [0.25, 0.3) is 0 Å². The van der Waals surface area contributed by atoms with Gasteiger partial charge in [-0.05, 0) is 37.0 Å². The third-order valence-electron chi connectivity index (χ3n) is 4.06. The fourth-order valence-electron chi connectivity index (χ4n) is 2.74. The second-order valence-corrected chi connectivity index (χ2v) is 5.78. The van der Waals surface area contributed by atoms with Gasteiger partial charge in [-0.1, -0.05) is 18.2 Å². The number of carbonyl (C=O) groups is 1. The molecule has 5 heteroatoms. The Morgan fingerprint density at radius 1 is 1.33 bits per heavy atom. The highest BCUT2D eigenvalue weighted by Crippen LogP contribution is 2.39. The van der Waals surface area contributed by atoms with Crippen molar-refractivity contribution in [1.82, 2.24) is 15.5 Å². The quantitative estimate of drug-likeness (QED) is 0.905. The predicted octanol–water partition coefficient (Wildman–Crippen LogP) is 2.02. The van der Waals surface area contributed by atoms with Crippen LogP contribution in [0.15, 0.2) is 30.3 Å². The smallest absolute Gasteiger partial charge is 0.272 e. The number of benzene rings is 1. The summed E-state index contributed by atoms with van der Waals surface area (Å²) in [6.45, 7) is 0.503. The van der Waals surface area contributed by atoms with Crippen molar-refractivity contribution < 1.29 is 9.53 Å². The van der Waals surface area contributed by atoms with E-state index in [0.717, 1.165) is 23.4 Å². The number of amides is 1. The third-order valence-corrected chi connectivity index (χ3v) is 4.06. The molecule has 1 aromatic carbocycles. The fourth-order valence-corrected chi connectivity index (χ4v) is 2.74. The van der Waals surface area contributed by atoms with Crippen LogP contribution in [-0.4, -0.2) is 28.8 Å². The van der Waals surface area contributed by atoms with Crippen LogP contribution >= 0.6 is 0 Å². The predicted molar refractivity (Wildman–Crippen MR) is 77.5 cm³/mol. The van der Waals surface area contributed by atoms with Gasteiger partial charge in [-0.25, -0.2) is 0 Å². The first-order valence-electron chi connectivity index (χ1n) is 7.36. The Balaban J connectivity index is 1.42. The number of rotatable bonds is 3. The van der Waals surface area contributed by atoms with E-state index in [1.54, 1.807) is 0 Å². The molecule has 2 N–H and O–H groups in total. The average molecular weight is 283 g/mol. The SMILES string of the molecule is O=C(NC1COc2ccccc2C1)c1cc(C2CC2)[nH]n1. The number of nitrogens with zero attached hydrogens (tertiary/aromatic N) is 1. The lowest BCUT2D eigenvalue weighted by Gasteiger charge is -2.25. The van der Waals surface area contributed by atoms with Gasteiger partial charge in [0.2, 0.25) is 0 Å². The van der Waals surface area contributed by atoms with Gasteiger partial charge in [0.15, 0.2) is 0 Å². The lowest BCUT2D eigenvalue weighted by atomic mass is 10.0. The van der Waals surface area contributed by atoms with Crippen LogP contribution in [0.2, 0.25) is 0 Å². The Labute approximate surface area is 122 Å². The molecule has 108 valence electrons. The molecule has 0 saturated heterocycles. The highest BCUT2D eigenvalue weighted by molar-refractivity contribution is 5.92. The first-order valence-corrected chi connectivity index (χ1v) is 7.36. The number of fused-ring (bicyclic) bond motifs is 1. The van der Waals surface area contributed by atoms with E-state index >= 15 is 0 Å². The summed E-state index contributed by atoms with van der Waals surface area (Å²) in [4.78, 5) is 12.2. The maximum atomic E-state index is 12.2. The third kappa shape index (κ3) is 2.51. The number of ether oxygens (including phenoxy) is 1. The Morgan fingerprint density at radius 3 is 3.05 bits per heavy atom. The van der Waals surface area contributed by atoms with Gasteiger partial charge in [-0.15, -0.1) is 0 Å². The van der Waals surface area contributed by atoms with Crippen LogP contribution in [0.5, 0.6) is 5.75 Å². The Bertz CT molecular complexity index is 676. The van der Waals surface area contributed by atoms with E-state index in [1.807, 2.05) is 30.3 Å². The van der Waals surface area contributed by atoms with Crippen molar-refractivity contribution in [2.24, 2.45) is 0 Å². The molecule has 1 unspecified atom stereocenters. The minimum absolute atomic E-state index is 0.00604. The Kier molecular flexibility index (Phi) is 2.91. The van der Waals surface area contributed by atoms with Gasteiger partial charge >= 0.3 is 0 Å². The molecule has 2 aliphatic rings. The molecule has 21 heavy (non-hydrogen) atoms. The molecule has 1 aromatic heterocycles. The summed E-state index contributed by atoms with van der Waals surface area (Å²) in [6, 6.07) is 9.80. The van der Waals surface area contributed by atoms with Gasteiger partial charge in [0.25, 0.3) is 5.91 Å². The van der Waals surface area contributed by atoms with Crippen LogP contribution in [0.1, 0.15) is 40.5 Å². The van der Waals surface area contributed by atoms with Crippen LogP contribution in [0.3, 0.4) is 0 Å². The first-order chi connectivity index (χ1) is 10.3. The minimum Gasteiger partial charge on any atom is -0.491 e. The average Bonchev–Trinajstić information content (AvgIpc) is 3.24. The maximum Gasteiger partial charge on any atom is 0.272 e. The lowest BCUT2D eigenvalue weighted by Crippen LogP contribution is -2.42. The number of H-pyrrole nitrogens is 1. The van der Waals surface area contributed by atoms with Crippen molar-refractivity contribution in [2.45, 2.75) is 31.2 Å². The van der Waals surface area contributed by atoms with Crippen molar-refractivity contribution >= 4 is 5.91 Å². The lowest BCUT2D eigenvalue weighted by molar-refractivity contribution is 0.0910. The van der Waals surface area contributed by atoms with Crippen molar-refractivity contribution in [2.75, 3.05) is 6.61 Å². The molecule has 2 heterocycles. The standard InChI is InChI=1S/C16H17N3O2/c20-16(14-8-13(18-19-14)10-5-6-10)17-12-7-11-3-1-2-4-15(11)21-9-12/h1-4,8,10,12H,5-7,9H2,(H,17,20)(H,18,19). The minimum atomic E-state index is -0.133. The molecule has 0 bridgehead atoms. The van der Waals surface area contributed by atoms with Crippen molar-refractivity contribution in [3.63, 3.8) is 0 Å². The van der Waals surface area contributed by atoms with E-state index in [1.165, 1.54) is 12.8 Å². The second-order valence-electron chi connectivity index (χ2n) is 5.78. The summed E-state index contributed by atoms with van der Waals surface area (Å²) in [5, 5.41) is 10.1. The number of hydrogen-bond acceptors (Lipinski definition) is 3. The zero-order chi connectivity index (χ0) is 14.2. The number of nitrogens with one attached hydrogen (secondary N) is 2. The number of hydrogen-bond donors (Lipinski definition) is 2. The second kappa shape index (κ2) is 4.91. The molecular formula is C16H17N3O2. The molecule has 0 radical (unpaired) electrons. The Morgan fingerprint density at radius 2 is 2.19 bits per heavy atom. The van der Waals surface area contributed by atoms with Crippen LogP contribution < -0.4 is 10.1 Å². The summed E-state index contributed by atoms with van der Waals surface area (Å²) in [6.07, 6.45) is 3.18. The van der Waals surface area contributed by atoms with E-state index < -0.39 is 0 Å². The number of carbonyl (C=O) groups excluding carboxylic acids is 1. The molecule has 1 amide bonds. The highest BCUT2D eigenvalue weighted by Gasteiger charge is 2.27. The Hall–Kier alpha value is -2.30. The molecule has 2 aromatic rings. The van der Waals surface area contributed by atoms with Crippen LogP contribution in [-0.2, 0) is 6.42 Å². The summed E-state index contributed by atoms with van der Waals surface area (Å²) in [7, 11) is 0. The van der Waals surface area contributed by atoms with Crippen LogP contribution in [0.4, 0.5) is 0 Å². The topological polar surface area (TPSA) is 67.0 Å². The summed E-state index contributed by atoms with van der Waals surface area (Å²) >= 11 is 0. The van der Waals surface area contributed by atoms with Gasteiger partial charge in [0.05, 0.1) is 6.04 Å².